The molecule has 2 aromatic carbocycles. The van der Waals surface area contributed by atoms with Crippen LogP contribution in [0.3, 0.4) is 0 Å². The zero-order chi connectivity index (χ0) is 17.4. The molecule has 1 heterocycles. The maximum Gasteiger partial charge on any atom is 0.279 e. The van der Waals surface area contributed by atoms with Crippen molar-refractivity contribution >= 4 is 17.3 Å². The number of nitrogens with one attached hydrogen (secondary N) is 1. The average molecular weight is 338 g/mol. The molecule has 1 amide bonds. The van der Waals surface area contributed by atoms with Crippen molar-refractivity contribution in [3.8, 4) is 0 Å². The number of carbonyl (C=O) groups excluding carboxylic acids is 1. The molecule has 5 heteroatoms. The lowest BCUT2D eigenvalue weighted by Crippen LogP contribution is -2.27. The molecule has 0 aromatic heterocycles. The van der Waals surface area contributed by atoms with Gasteiger partial charge in [-0.1, -0.05) is 18.2 Å². The molecule has 0 saturated carbocycles. The smallest absolute Gasteiger partial charge is 0.279 e. The Morgan fingerprint density at radius 3 is 2.52 bits per heavy atom. The van der Waals surface area contributed by atoms with Crippen LogP contribution in [0.15, 0.2) is 71.6 Å². The third-order valence-corrected chi connectivity index (χ3v) is 4.40. The zero-order valence-corrected chi connectivity index (χ0v) is 13.4. The number of halogens is 2. The minimum Gasteiger partial charge on any atom is -0.351 e. The first kappa shape index (κ1) is 15.6. The summed E-state index contributed by atoms with van der Waals surface area (Å²) in [7, 11) is 0. The van der Waals surface area contributed by atoms with Gasteiger partial charge in [0.25, 0.3) is 5.91 Å². The summed E-state index contributed by atoms with van der Waals surface area (Å²) in [5.74, 6) is -1.02. The van der Waals surface area contributed by atoms with Gasteiger partial charge in [-0.15, -0.1) is 0 Å². The number of hydrogen-bond acceptors (Lipinski definition) is 2. The van der Waals surface area contributed by atoms with Crippen LogP contribution in [0.2, 0.25) is 0 Å². The van der Waals surface area contributed by atoms with E-state index in [-0.39, 0.29) is 11.7 Å². The second-order valence-electron chi connectivity index (χ2n) is 6.09. The topological polar surface area (TPSA) is 32.3 Å². The Kier molecular flexibility index (Phi) is 3.84. The second-order valence-corrected chi connectivity index (χ2v) is 6.09. The summed E-state index contributed by atoms with van der Waals surface area (Å²) in [6.07, 6.45) is 4.56. The van der Waals surface area contributed by atoms with E-state index in [4.69, 9.17) is 0 Å². The summed E-state index contributed by atoms with van der Waals surface area (Å²) in [6, 6.07) is 12.0. The lowest BCUT2D eigenvalue weighted by Gasteiger charge is -2.22. The van der Waals surface area contributed by atoms with Gasteiger partial charge in [-0.25, -0.2) is 8.78 Å². The van der Waals surface area contributed by atoms with Crippen LogP contribution >= 0.6 is 0 Å². The van der Waals surface area contributed by atoms with Gasteiger partial charge in [0, 0.05) is 11.3 Å². The standard InChI is InChI=1S/C20H16F2N2O/c21-13-5-3-7-15(11-13)23-19-17-9-1-2-10-18(17)24(20(19)25)16-8-4-6-14(22)12-16/h3-8,10-12,23H,1-2,9H2. The van der Waals surface area contributed by atoms with E-state index in [0.717, 1.165) is 30.5 Å². The number of hydrogen-bond donors (Lipinski definition) is 1. The van der Waals surface area contributed by atoms with Crippen molar-refractivity contribution in [3.63, 3.8) is 0 Å². The summed E-state index contributed by atoms with van der Waals surface area (Å²) >= 11 is 0. The summed E-state index contributed by atoms with van der Waals surface area (Å²) in [5, 5.41) is 3.06. The fourth-order valence-corrected chi connectivity index (χ4v) is 3.31. The van der Waals surface area contributed by atoms with Crippen LogP contribution in [-0.2, 0) is 4.79 Å². The van der Waals surface area contributed by atoms with Crippen molar-refractivity contribution in [2.45, 2.75) is 19.3 Å². The number of rotatable bonds is 3. The Hall–Kier alpha value is -2.95. The Morgan fingerprint density at radius 2 is 1.76 bits per heavy atom. The first-order chi connectivity index (χ1) is 12.1. The fraction of sp³-hybridized carbons (Fsp3) is 0.150. The number of nitrogens with zero attached hydrogens (tertiary/aromatic N) is 1. The van der Waals surface area contributed by atoms with Crippen LogP contribution in [-0.4, -0.2) is 5.91 Å². The normalized spacial score (nSPS) is 16.8. The molecular weight excluding hydrogens is 322 g/mol. The predicted molar refractivity (Wildman–Crippen MR) is 92.9 cm³/mol. The molecule has 1 N–H and O–H groups in total. The fourth-order valence-electron chi connectivity index (χ4n) is 3.31. The third-order valence-electron chi connectivity index (χ3n) is 4.40. The van der Waals surface area contributed by atoms with E-state index in [2.05, 4.69) is 5.32 Å². The van der Waals surface area contributed by atoms with Crippen molar-refractivity contribution in [1.82, 2.24) is 0 Å². The first-order valence-electron chi connectivity index (χ1n) is 8.20. The van der Waals surface area contributed by atoms with E-state index < -0.39 is 5.82 Å². The number of amides is 1. The summed E-state index contributed by atoms with van der Waals surface area (Å²) in [4.78, 5) is 14.5. The third kappa shape index (κ3) is 2.82. The minimum atomic E-state index is -0.394. The molecule has 3 nitrogen and oxygen atoms in total. The van der Waals surface area contributed by atoms with E-state index in [9.17, 15) is 13.6 Å². The van der Waals surface area contributed by atoms with Gasteiger partial charge < -0.3 is 5.32 Å². The molecule has 126 valence electrons. The van der Waals surface area contributed by atoms with E-state index in [1.807, 2.05) is 6.08 Å². The van der Waals surface area contributed by atoms with Gasteiger partial charge in [-0.2, -0.15) is 0 Å². The Bertz CT molecular complexity index is 917. The average Bonchev–Trinajstić information content (AvgIpc) is 2.87. The van der Waals surface area contributed by atoms with Crippen molar-refractivity contribution in [2.24, 2.45) is 0 Å². The van der Waals surface area contributed by atoms with Crippen molar-refractivity contribution < 1.29 is 13.6 Å². The van der Waals surface area contributed by atoms with E-state index in [0.29, 0.717) is 17.1 Å². The molecule has 0 unspecified atom stereocenters. The Balaban J connectivity index is 1.75. The van der Waals surface area contributed by atoms with Crippen LogP contribution in [0.25, 0.3) is 0 Å². The van der Waals surface area contributed by atoms with Gasteiger partial charge >= 0.3 is 0 Å². The zero-order valence-electron chi connectivity index (χ0n) is 13.4. The van der Waals surface area contributed by atoms with E-state index in [1.165, 1.54) is 29.2 Å². The van der Waals surface area contributed by atoms with Crippen molar-refractivity contribution in [1.29, 1.82) is 0 Å². The van der Waals surface area contributed by atoms with Gasteiger partial charge in [0.1, 0.15) is 17.3 Å². The highest BCUT2D eigenvalue weighted by Gasteiger charge is 2.37. The molecule has 25 heavy (non-hydrogen) atoms. The highest BCUT2D eigenvalue weighted by atomic mass is 19.1. The maximum atomic E-state index is 13.6. The minimum absolute atomic E-state index is 0.252. The van der Waals surface area contributed by atoms with Gasteiger partial charge in [-0.3, -0.25) is 9.69 Å². The molecular formula is C20H16F2N2O. The molecule has 0 atom stereocenters. The molecule has 2 aromatic rings. The summed E-state index contributed by atoms with van der Waals surface area (Å²) in [5.41, 5.74) is 3.12. The molecule has 2 aliphatic rings. The van der Waals surface area contributed by atoms with Gasteiger partial charge in [-0.05, 0) is 55.7 Å². The maximum absolute atomic E-state index is 13.6. The van der Waals surface area contributed by atoms with Crippen LogP contribution in [0.5, 0.6) is 0 Å². The largest absolute Gasteiger partial charge is 0.351 e. The van der Waals surface area contributed by atoms with Crippen LogP contribution in [0.4, 0.5) is 20.2 Å². The highest BCUT2D eigenvalue weighted by molar-refractivity contribution is 6.15. The van der Waals surface area contributed by atoms with Crippen molar-refractivity contribution in [2.75, 3.05) is 10.2 Å². The number of carbonyl (C=O) groups is 1. The molecule has 0 fully saturated rings. The summed E-state index contributed by atoms with van der Waals surface area (Å²) < 4.78 is 27.1. The van der Waals surface area contributed by atoms with Crippen LogP contribution < -0.4 is 10.2 Å². The number of benzene rings is 2. The number of anilines is 2. The van der Waals surface area contributed by atoms with Crippen molar-refractivity contribution in [3.05, 3.63) is 83.2 Å². The SMILES string of the molecule is O=C1C(Nc2cccc(F)c2)=C2CCCC=C2N1c1cccc(F)c1. The second kappa shape index (κ2) is 6.16. The van der Waals surface area contributed by atoms with E-state index in [1.54, 1.807) is 24.3 Å². The monoisotopic (exact) mass is 338 g/mol. The highest BCUT2D eigenvalue weighted by Crippen LogP contribution is 2.39. The number of fused-ring (bicyclic) bond motifs is 1. The molecule has 0 bridgehead atoms. The molecule has 4 rings (SSSR count). The summed E-state index contributed by atoms with van der Waals surface area (Å²) in [6.45, 7) is 0. The van der Waals surface area contributed by atoms with Gasteiger partial charge in [0.2, 0.25) is 0 Å². The predicted octanol–water partition coefficient (Wildman–Crippen LogP) is 4.75. The van der Waals surface area contributed by atoms with Crippen LogP contribution in [0.1, 0.15) is 19.3 Å². The van der Waals surface area contributed by atoms with Gasteiger partial charge in [0.15, 0.2) is 0 Å². The van der Waals surface area contributed by atoms with Crippen LogP contribution in [0, 0.1) is 11.6 Å². The number of allylic oxidation sites excluding steroid dienone is 2. The Labute approximate surface area is 144 Å². The van der Waals surface area contributed by atoms with E-state index >= 15 is 0 Å². The molecule has 0 saturated heterocycles. The lowest BCUT2D eigenvalue weighted by atomic mass is 9.98. The molecule has 1 aliphatic carbocycles. The quantitative estimate of drug-likeness (QED) is 0.876. The lowest BCUT2D eigenvalue weighted by molar-refractivity contribution is -0.114. The molecule has 0 radical (unpaired) electrons. The Morgan fingerprint density at radius 1 is 1.00 bits per heavy atom. The molecule has 0 spiro atoms. The van der Waals surface area contributed by atoms with Gasteiger partial charge in [0.05, 0.1) is 11.4 Å². The molecule has 1 aliphatic heterocycles. The first-order valence-corrected chi connectivity index (χ1v) is 8.20.